The molecule has 3 aromatic rings. The third-order valence-corrected chi connectivity index (χ3v) is 6.98. The second-order valence-corrected chi connectivity index (χ2v) is 9.37. The first-order chi connectivity index (χ1) is 16.5. The van der Waals surface area contributed by atoms with E-state index in [4.69, 9.17) is 14.7 Å². The van der Waals surface area contributed by atoms with Crippen molar-refractivity contribution >= 4 is 40.0 Å². The maximum Gasteiger partial charge on any atom is 0.350 e. The number of fused-ring (bicyclic) bond motifs is 1. The molecule has 2 N–H and O–H groups in total. The summed E-state index contributed by atoms with van der Waals surface area (Å²) in [5, 5.41) is 13.9. The van der Waals surface area contributed by atoms with Gasteiger partial charge in [0.1, 0.15) is 16.5 Å². The summed E-state index contributed by atoms with van der Waals surface area (Å²) in [4.78, 5) is 35.4. The molecule has 10 nitrogen and oxygen atoms in total. The van der Waals surface area contributed by atoms with Crippen LogP contribution >= 0.6 is 11.3 Å². The van der Waals surface area contributed by atoms with Crippen LogP contribution in [0.15, 0.2) is 24.5 Å². The van der Waals surface area contributed by atoms with Crippen LogP contribution in [0.1, 0.15) is 39.8 Å². The van der Waals surface area contributed by atoms with Crippen LogP contribution in [0.25, 0.3) is 0 Å². The van der Waals surface area contributed by atoms with Gasteiger partial charge in [0.05, 0.1) is 18.4 Å². The average Bonchev–Trinajstić information content (AvgIpc) is 3.53. The van der Waals surface area contributed by atoms with Crippen LogP contribution in [-0.2, 0) is 17.7 Å². The Morgan fingerprint density at radius 1 is 1.29 bits per heavy atom. The van der Waals surface area contributed by atoms with Gasteiger partial charge >= 0.3 is 5.97 Å². The number of anilines is 4. The number of aliphatic hydroxyl groups excluding tert-OH is 1. The van der Waals surface area contributed by atoms with Gasteiger partial charge in [-0.15, -0.1) is 0 Å². The Kier molecular flexibility index (Phi) is 6.29. The molecule has 0 amide bonds. The Morgan fingerprint density at radius 2 is 2.15 bits per heavy atom. The molecule has 0 aliphatic carbocycles. The predicted molar refractivity (Wildman–Crippen MR) is 130 cm³/mol. The van der Waals surface area contributed by atoms with Crippen LogP contribution in [0.2, 0.25) is 0 Å². The fourth-order valence-corrected chi connectivity index (χ4v) is 5.20. The molecule has 0 spiro atoms. The molecule has 2 aliphatic rings. The van der Waals surface area contributed by atoms with E-state index in [-0.39, 0.29) is 12.1 Å². The topological polar surface area (TPSA) is 117 Å². The molecular formula is C23H27N7O3S. The van der Waals surface area contributed by atoms with Gasteiger partial charge in [-0.05, 0) is 38.3 Å². The first kappa shape index (κ1) is 22.5. The highest BCUT2D eigenvalue weighted by Gasteiger charge is 2.31. The van der Waals surface area contributed by atoms with E-state index in [1.165, 1.54) is 11.3 Å². The van der Waals surface area contributed by atoms with Gasteiger partial charge in [0, 0.05) is 44.1 Å². The number of β-amino-alcohol motifs (C(OH)–C–C–N with tert-alkyl or cyclic N) is 1. The fraction of sp³-hybridized carbons (Fsp3) is 0.435. The van der Waals surface area contributed by atoms with Crippen LogP contribution in [0.5, 0.6) is 0 Å². The van der Waals surface area contributed by atoms with Gasteiger partial charge < -0.3 is 19.6 Å². The number of aliphatic hydroxyl groups is 1. The van der Waals surface area contributed by atoms with Crippen LogP contribution < -0.4 is 15.1 Å². The molecule has 0 bridgehead atoms. The molecular weight excluding hydrogens is 454 g/mol. The molecule has 178 valence electrons. The van der Waals surface area contributed by atoms with Crippen molar-refractivity contribution in [3.05, 3.63) is 46.2 Å². The minimum atomic E-state index is -0.380. The molecule has 5 rings (SSSR count). The SMILES string of the molecule is CCOC(=O)c1sc(Nc2nc3c(c(N4CCC(O)C4)n2)CCN3Cc2cccnc2)nc1C. The van der Waals surface area contributed by atoms with Crippen molar-refractivity contribution in [3.8, 4) is 0 Å². The highest BCUT2D eigenvalue weighted by molar-refractivity contribution is 7.17. The number of hydrogen-bond donors (Lipinski definition) is 2. The summed E-state index contributed by atoms with van der Waals surface area (Å²) in [7, 11) is 0. The molecule has 1 fully saturated rings. The van der Waals surface area contributed by atoms with Gasteiger partial charge in [0.2, 0.25) is 5.95 Å². The number of ether oxygens (including phenoxy) is 1. The molecule has 1 saturated heterocycles. The quantitative estimate of drug-likeness (QED) is 0.488. The zero-order chi connectivity index (χ0) is 23.7. The minimum Gasteiger partial charge on any atom is -0.462 e. The molecule has 5 heterocycles. The zero-order valence-electron chi connectivity index (χ0n) is 19.2. The summed E-state index contributed by atoms with van der Waals surface area (Å²) in [6.07, 6.45) is 4.83. The lowest BCUT2D eigenvalue weighted by molar-refractivity contribution is 0.0531. The summed E-state index contributed by atoms with van der Waals surface area (Å²) >= 11 is 1.23. The van der Waals surface area contributed by atoms with Gasteiger partial charge in [0.15, 0.2) is 5.13 Å². The smallest absolute Gasteiger partial charge is 0.350 e. The maximum atomic E-state index is 12.2. The molecule has 3 aromatic heterocycles. The average molecular weight is 482 g/mol. The monoisotopic (exact) mass is 481 g/mol. The van der Waals surface area contributed by atoms with Crippen LogP contribution in [0.4, 0.5) is 22.7 Å². The van der Waals surface area contributed by atoms with Crippen LogP contribution in [-0.4, -0.2) is 63.4 Å². The molecule has 0 radical (unpaired) electrons. The number of nitrogens with one attached hydrogen (secondary N) is 1. The van der Waals surface area contributed by atoms with Crippen LogP contribution in [0, 0.1) is 6.92 Å². The van der Waals surface area contributed by atoms with E-state index in [9.17, 15) is 9.90 Å². The van der Waals surface area contributed by atoms with Crippen molar-refractivity contribution in [3.63, 3.8) is 0 Å². The van der Waals surface area contributed by atoms with Crippen LogP contribution in [0.3, 0.4) is 0 Å². The first-order valence-corrected chi connectivity index (χ1v) is 12.2. The highest BCUT2D eigenvalue weighted by atomic mass is 32.1. The number of carbonyl (C=O) groups is 1. The molecule has 2 aliphatic heterocycles. The van der Waals surface area contributed by atoms with Crippen molar-refractivity contribution in [2.24, 2.45) is 0 Å². The van der Waals surface area contributed by atoms with E-state index < -0.39 is 0 Å². The predicted octanol–water partition coefficient (Wildman–Crippen LogP) is 2.69. The molecule has 0 saturated carbocycles. The molecule has 1 atom stereocenters. The Morgan fingerprint density at radius 3 is 2.88 bits per heavy atom. The lowest BCUT2D eigenvalue weighted by Gasteiger charge is -2.22. The second-order valence-electron chi connectivity index (χ2n) is 8.37. The van der Waals surface area contributed by atoms with Gasteiger partial charge in [0.25, 0.3) is 0 Å². The lowest BCUT2D eigenvalue weighted by Crippen LogP contribution is -2.24. The second kappa shape index (κ2) is 9.51. The third kappa shape index (κ3) is 4.53. The van der Waals surface area contributed by atoms with Crippen molar-refractivity contribution in [1.82, 2.24) is 19.9 Å². The number of aromatic nitrogens is 4. The number of pyridine rings is 1. The number of aryl methyl sites for hydroxylation is 1. The normalized spacial score (nSPS) is 17.2. The van der Waals surface area contributed by atoms with Gasteiger partial charge in [-0.25, -0.2) is 9.78 Å². The summed E-state index contributed by atoms with van der Waals surface area (Å²) in [5.74, 6) is 1.75. The van der Waals surface area contributed by atoms with Crippen molar-refractivity contribution in [2.75, 3.05) is 41.4 Å². The molecule has 1 unspecified atom stereocenters. The number of esters is 1. The van der Waals surface area contributed by atoms with Gasteiger partial charge in [-0.2, -0.15) is 9.97 Å². The molecule has 11 heteroatoms. The molecule has 0 aromatic carbocycles. The number of carbonyl (C=O) groups excluding carboxylic acids is 1. The van der Waals surface area contributed by atoms with Crippen molar-refractivity contribution < 1.29 is 14.6 Å². The standard InChI is InChI=1S/C23H27N7O3S/c1-3-33-21(32)18-14(2)25-23(34-18)28-22-26-19-17(20(27-22)30-9-6-16(31)13-30)7-10-29(19)12-15-5-4-8-24-11-15/h4-5,8,11,16,31H,3,6-7,9-10,12-13H2,1-2H3,(H,25,26,27,28). The Bertz CT molecular complexity index is 1190. The third-order valence-electron chi connectivity index (χ3n) is 5.93. The van der Waals surface area contributed by atoms with E-state index in [2.05, 4.69) is 31.2 Å². The number of hydrogen-bond acceptors (Lipinski definition) is 11. The van der Waals surface area contributed by atoms with Gasteiger partial charge in [-0.3, -0.25) is 10.3 Å². The van der Waals surface area contributed by atoms with Crippen molar-refractivity contribution in [1.29, 1.82) is 0 Å². The summed E-state index contributed by atoms with van der Waals surface area (Å²) in [6.45, 7) is 6.69. The zero-order valence-corrected chi connectivity index (χ0v) is 20.0. The minimum absolute atomic E-state index is 0.310. The summed E-state index contributed by atoms with van der Waals surface area (Å²) in [6, 6.07) is 3.99. The first-order valence-electron chi connectivity index (χ1n) is 11.4. The van der Waals surface area contributed by atoms with E-state index >= 15 is 0 Å². The summed E-state index contributed by atoms with van der Waals surface area (Å²) < 4.78 is 5.13. The fourth-order valence-electron chi connectivity index (χ4n) is 4.35. The van der Waals surface area contributed by atoms with E-state index in [1.54, 1.807) is 20.0 Å². The maximum absolute atomic E-state index is 12.2. The number of nitrogens with zero attached hydrogens (tertiary/aromatic N) is 6. The largest absolute Gasteiger partial charge is 0.462 e. The lowest BCUT2D eigenvalue weighted by atomic mass is 10.2. The number of thiazole rings is 1. The highest BCUT2D eigenvalue weighted by Crippen LogP contribution is 2.37. The van der Waals surface area contributed by atoms with E-state index in [0.29, 0.717) is 41.3 Å². The van der Waals surface area contributed by atoms with E-state index in [0.717, 1.165) is 48.7 Å². The Hall–Kier alpha value is -3.31. The number of rotatable bonds is 7. The summed E-state index contributed by atoms with van der Waals surface area (Å²) in [5.41, 5.74) is 2.80. The Labute approximate surface area is 201 Å². The van der Waals surface area contributed by atoms with Gasteiger partial charge in [-0.1, -0.05) is 17.4 Å². The van der Waals surface area contributed by atoms with E-state index in [1.807, 2.05) is 12.3 Å². The van der Waals surface area contributed by atoms with Crippen molar-refractivity contribution in [2.45, 2.75) is 39.3 Å². The Balaban J connectivity index is 1.47. The molecule has 34 heavy (non-hydrogen) atoms.